The Kier molecular flexibility index (Phi) is 4.75. The predicted octanol–water partition coefficient (Wildman–Crippen LogP) is 10.3. The van der Waals surface area contributed by atoms with Crippen LogP contribution in [0.4, 0.5) is 0 Å². The van der Waals surface area contributed by atoms with Gasteiger partial charge in [-0.05, 0) is 104 Å². The van der Waals surface area contributed by atoms with E-state index in [1.807, 2.05) is 11.3 Å². The second-order valence-electron chi connectivity index (χ2n) is 10.3. The van der Waals surface area contributed by atoms with Gasteiger partial charge in [0, 0.05) is 9.58 Å². The van der Waals surface area contributed by atoms with Gasteiger partial charge in [0.2, 0.25) is 0 Å². The summed E-state index contributed by atoms with van der Waals surface area (Å²) in [4.78, 5) is 1.43. The van der Waals surface area contributed by atoms with Crippen LogP contribution >= 0.6 is 11.3 Å². The number of fused-ring (bicyclic) bond motifs is 6. The van der Waals surface area contributed by atoms with Crippen LogP contribution in [0.3, 0.4) is 0 Å². The predicted molar refractivity (Wildman–Crippen MR) is 162 cm³/mol. The SMILES string of the molecule is C1=Cc2c(cccc2-c2c3ccccc3c(C3=Cc4sc5ccccc5c4CC3)c3ccccc23)CC1. The average Bonchev–Trinajstić information content (AvgIpc) is 3.33. The number of allylic oxidation sites excluding steroid dienone is 2. The van der Waals surface area contributed by atoms with Gasteiger partial charge in [-0.3, -0.25) is 0 Å². The van der Waals surface area contributed by atoms with E-state index >= 15 is 0 Å². The second-order valence-corrected chi connectivity index (χ2v) is 11.4. The van der Waals surface area contributed by atoms with E-state index in [0.717, 1.165) is 25.7 Å². The summed E-state index contributed by atoms with van der Waals surface area (Å²) in [5.74, 6) is 0. The largest absolute Gasteiger partial charge is 0.136 e. The molecule has 176 valence electrons. The van der Waals surface area contributed by atoms with Gasteiger partial charge in [0.05, 0.1) is 0 Å². The quantitative estimate of drug-likeness (QED) is 0.212. The van der Waals surface area contributed by atoms with Crippen LogP contribution in [-0.2, 0) is 12.8 Å². The van der Waals surface area contributed by atoms with Gasteiger partial charge in [0.15, 0.2) is 0 Å². The molecular weight excluding hydrogens is 464 g/mol. The molecule has 37 heavy (non-hydrogen) atoms. The summed E-state index contributed by atoms with van der Waals surface area (Å²) in [5.41, 5.74) is 9.99. The van der Waals surface area contributed by atoms with E-state index in [2.05, 4.69) is 109 Å². The van der Waals surface area contributed by atoms with Gasteiger partial charge in [-0.1, -0.05) is 97.1 Å². The molecule has 6 aromatic rings. The molecule has 2 aliphatic carbocycles. The molecule has 0 saturated heterocycles. The zero-order valence-corrected chi connectivity index (χ0v) is 21.4. The molecule has 0 nitrogen and oxygen atoms in total. The van der Waals surface area contributed by atoms with Crippen molar-refractivity contribution >= 4 is 60.7 Å². The van der Waals surface area contributed by atoms with E-state index in [0.29, 0.717) is 0 Å². The Balaban J connectivity index is 1.45. The van der Waals surface area contributed by atoms with Gasteiger partial charge in [0.25, 0.3) is 0 Å². The molecule has 1 aromatic heterocycles. The van der Waals surface area contributed by atoms with E-state index in [-0.39, 0.29) is 0 Å². The summed E-state index contributed by atoms with van der Waals surface area (Å²) in [6, 6.07) is 33.9. The maximum Gasteiger partial charge on any atom is 0.0352 e. The molecule has 1 heteroatoms. The highest BCUT2D eigenvalue weighted by Crippen LogP contribution is 2.47. The van der Waals surface area contributed by atoms with Crippen LogP contribution < -0.4 is 0 Å². The molecule has 0 atom stereocenters. The smallest absolute Gasteiger partial charge is 0.0352 e. The standard InChI is InChI=1S/C36H26S/c1-2-12-25-23(10-1)11-9-18-28(25)36-31-16-5-3-14-29(31)35(30-15-4-6-17-32(30)36)24-20-21-27-26-13-7-8-19-33(26)37-34(27)22-24/h2-9,11-19,22H,1,10,20-21H2. The van der Waals surface area contributed by atoms with Crippen molar-refractivity contribution in [2.45, 2.75) is 25.7 Å². The molecule has 0 fully saturated rings. The fraction of sp³-hybridized carbons (Fsp3) is 0.111. The van der Waals surface area contributed by atoms with E-state index in [9.17, 15) is 0 Å². The maximum absolute atomic E-state index is 2.49. The minimum Gasteiger partial charge on any atom is -0.136 e. The van der Waals surface area contributed by atoms with Crippen LogP contribution in [0.25, 0.3) is 60.5 Å². The Hall–Kier alpha value is -3.94. The molecule has 0 bridgehead atoms. The van der Waals surface area contributed by atoms with Gasteiger partial charge in [-0.2, -0.15) is 0 Å². The van der Waals surface area contributed by atoms with E-state index in [4.69, 9.17) is 0 Å². The van der Waals surface area contributed by atoms with Crippen LogP contribution in [0.1, 0.15) is 40.0 Å². The summed E-state index contributed by atoms with van der Waals surface area (Å²) in [6.45, 7) is 0. The lowest BCUT2D eigenvalue weighted by atomic mass is 9.81. The Morgan fingerprint density at radius 2 is 1.24 bits per heavy atom. The van der Waals surface area contributed by atoms with Gasteiger partial charge >= 0.3 is 0 Å². The first-order valence-corrected chi connectivity index (χ1v) is 14.1. The van der Waals surface area contributed by atoms with Gasteiger partial charge in [0.1, 0.15) is 0 Å². The number of thiophene rings is 1. The average molecular weight is 491 g/mol. The number of aryl methyl sites for hydroxylation is 2. The Bertz CT molecular complexity index is 1870. The minimum absolute atomic E-state index is 1.07. The molecule has 0 radical (unpaired) electrons. The van der Waals surface area contributed by atoms with Crippen molar-refractivity contribution in [2.75, 3.05) is 0 Å². The molecule has 1 heterocycles. The zero-order chi connectivity index (χ0) is 24.3. The number of hydrogen-bond donors (Lipinski definition) is 0. The fourth-order valence-electron chi connectivity index (χ4n) is 6.63. The number of benzene rings is 5. The van der Waals surface area contributed by atoms with Crippen molar-refractivity contribution in [3.8, 4) is 11.1 Å². The Morgan fingerprint density at radius 3 is 2.00 bits per heavy atom. The highest BCUT2D eigenvalue weighted by atomic mass is 32.1. The van der Waals surface area contributed by atoms with Crippen LogP contribution in [0, 0.1) is 0 Å². The van der Waals surface area contributed by atoms with Crippen LogP contribution in [0.15, 0.2) is 97.1 Å². The zero-order valence-electron chi connectivity index (χ0n) is 20.6. The van der Waals surface area contributed by atoms with E-state index in [1.54, 1.807) is 0 Å². The third kappa shape index (κ3) is 3.21. The molecule has 0 amide bonds. The summed E-state index contributed by atoms with van der Waals surface area (Å²) < 4.78 is 1.40. The first kappa shape index (κ1) is 21.2. The van der Waals surface area contributed by atoms with Crippen molar-refractivity contribution in [2.24, 2.45) is 0 Å². The third-order valence-electron chi connectivity index (χ3n) is 8.26. The third-order valence-corrected chi connectivity index (χ3v) is 9.42. The molecular formula is C36H26S. The first-order valence-electron chi connectivity index (χ1n) is 13.3. The lowest BCUT2D eigenvalue weighted by molar-refractivity contribution is 0.987. The number of rotatable bonds is 2. The van der Waals surface area contributed by atoms with Crippen LogP contribution in [0.2, 0.25) is 0 Å². The Morgan fingerprint density at radius 1 is 0.568 bits per heavy atom. The summed E-state index contributed by atoms with van der Waals surface area (Å²) in [5, 5.41) is 6.87. The lowest BCUT2D eigenvalue weighted by Gasteiger charge is -2.23. The summed E-state index contributed by atoms with van der Waals surface area (Å²) in [6.07, 6.45) is 11.6. The van der Waals surface area contributed by atoms with Crippen molar-refractivity contribution in [3.63, 3.8) is 0 Å². The molecule has 5 aromatic carbocycles. The fourth-order valence-corrected chi connectivity index (χ4v) is 7.85. The molecule has 2 aliphatic rings. The highest BCUT2D eigenvalue weighted by molar-refractivity contribution is 7.20. The topological polar surface area (TPSA) is 0 Å². The molecule has 0 aliphatic heterocycles. The lowest BCUT2D eigenvalue weighted by Crippen LogP contribution is -2.01. The molecule has 0 spiro atoms. The summed E-state index contributed by atoms with van der Waals surface area (Å²) >= 11 is 1.94. The van der Waals surface area contributed by atoms with Crippen LogP contribution in [0.5, 0.6) is 0 Å². The van der Waals surface area contributed by atoms with Crippen LogP contribution in [-0.4, -0.2) is 0 Å². The van der Waals surface area contributed by atoms with E-state index in [1.165, 1.54) is 75.5 Å². The van der Waals surface area contributed by atoms with Gasteiger partial charge < -0.3 is 0 Å². The van der Waals surface area contributed by atoms with Crippen molar-refractivity contribution in [1.29, 1.82) is 0 Å². The van der Waals surface area contributed by atoms with Crippen molar-refractivity contribution in [1.82, 2.24) is 0 Å². The van der Waals surface area contributed by atoms with E-state index < -0.39 is 0 Å². The monoisotopic (exact) mass is 490 g/mol. The minimum atomic E-state index is 1.07. The molecule has 0 saturated carbocycles. The normalized spacial score (nSPS) is 14.6. The molecule has 0 N–H and O–H groups in total. The maximum atomic E-state index is 2.49. The van der Waals surface area contributed by atoms with Gasteiger partial charge in [-0.15, -0.1) is 11.3 Å². The highest BCUT2D eigenvalue weighted by Gasteiger charge is 2.23. The summed E-state index contributed by atoms with van der Waals surface area (Å²) in [7, 11) is 0. The first-order chi connectivity index (χ1) is 18.4. The number of hydrogen-bond acceptors (Lipinski definition) is 1. The van der Waals surface area contributed by atoms with Gasteiger partial charge in [-0.25, -0.2) is 0 Å². The molecule has 8 rings (SSSR count). The molecule has 0 unspecified atom stereocenters. The second kappa shape index (κ2) is 8.30. The van der Waals surface area contributed by atoms with Crippen molar-refractivity contribution < 1.29 is 0 Å². The van der Waals surface area contributed by atoms with Crippen molar-refractivity contribution in [3.05, 3.63) is 124 Å². The Labute approximate surface area is 221 Å².